The smallest absolute Gasteiger partial charge is 0.255 e. The molecule has 1 aromatic heterocycles. The zero-order valence-corrected chi connectivity index (χ0v) is 33.7. The van der Waals surface area contributed by atoms with E-state index in [0.717, 1.165) is 116 Å². The molecule has 4 aliphatic heterocycles. The van der Waals surface area contributed by atoms with Crippen LogP contribution < -0.4 is 10.2 Å². The third-order valence-corrected chi connectivity index (χ3v) is 13.6. The SMILES string of the molecule is CCc1cc2c(cc1N1CCC(N3CCN(CC/C=C\c4cccc5c4CN(C4CCC(=O)NC4=O)C5=O)CC3)CC1)C(C)(C)c1[nH]c3cc(C#N)ccc3c1C2=O. The Morgan fingerprint density at radius 3 is 2.47 bits per heavy atom. The largest absolute Gasteiger partial charge is 0.371 e. The lowest BCUT2D eigenvalue weighted by Crippen LogP contribution is -2.53. The molecule has 3 amide bonds. The van der Waals surface area contributed by atoms with Gasteiger partial charge in [-0.15, -0.1) is 0 Å². The molecule has 3 aromatic carbocycles. The van der Waals surface area contributed by atoms with E-state index in [-0.39, 0.29) is 29.9 Å². The van der Waals surface area contributed by atoms with Gasteiger partial charge in [-0.25, -0.2) is 0 Å². The number of aryl methyl sites for hydroxylation is 1. The minimum absolute atomic E-state index is 0.0625. The molecule has 1 unspecified atom stereocenters. The molecule has 11 heteroatoms. The highest BCUT2D eigenvalue weighted by Gasteiger charge is 2.42. The molecule has 3 fully saturated rings. The van der Waals surface area contributed by atoms with Gasteiger partial charge in [0.1, 0.15) is 6.04 Å². The predicted molar refractivity (Wildman–Crippen MR) is 224 cm³/mol. The van der Waals surface area contributed by atoms with Crippen LogP contribution in [0.25, 0.3) is 17.0 Å². The van der Waals surface area contributed by atoms with E-state index in [0.29, 0.717) is 30.1 Å². The van der Waals surface area contributed by atoms with Crippen molar-refractivity contribution < 1.29 is 19.2 Å². The number of piperidine rings is 2. The average Bonchev–Trinajstić information content (AvgIpc) is 3.80. The Morgan fingerprint density at radius 2 is 1.72 bits per heavy atom. The third kappa shape index (κ3) is 6.52. The Kier molecular flexibility index (Phi) is 9.81. The molecule has 0 saturated carbocycles. The fourth-order valence-corrected chi connectivity index (χ4v) is 10.2. The summed E-state index contributed by atoms with van der Waals surface area (Å²) in [6.45, 7) is 14.2. The maximum Gasteiger partial charge on any atom is 0.255 e. The minimum Gasteiger partial charge on any atom is -0.371 e. The van der Waals surface area contributed by atoms with E-state index in [9.17, 15) is 24.4 Å². The first-order valence-corrected chi connectivity index (χ1v) is 21.0. The summed E-state index contributed by atoms with van der Waals surface area (Å²) < 4.78 is 0. The molecule has 11 nitrogen and oxygen atoms in total. The molecule has 1 atom stereocenters. The van der Waals surface area contributed by atoms with Gasteiger partial charge in [0.05, 0.1) is 17.2 Å². The van der Waals surface area contributed by atoms with Gasteiger partial charge in [0, 0.05) is 104 Å². The number of piperazine rings is 1. The van der Waals surface area contributed by atoms with Crippen LogP contribution in [-0.2, 0) is 28.0 Å². The number of fused-ring (bicyclic) bond motifs is 5. The standard InChI is InChI=1S/C47H51N7O4/c1-4-30-25-35-37(47(2,3)44-42(43(35)56)34-12-11-29(27-48)24-38(34)49-44)26-40(30)53-18-15-32(16-19-53)52-22-20-51(21-23-52)17-6-5-8-31-9-7-10-33-36(31)28-54(46(33)58)39-13-14-41(55)50-45(39)57/h5,7-12,24-26,32,39,49H,4,6,13-23,28H2,1-3H3,(H,50,55,57)/b8-5-. The first-order valence-electron chi connectivity index (χ1n) is 21.0. The van der Waals surface area contributed by atoms with Gasteiger partial charge in [0.25, 0.3) is 5.91 Å². The van der Waals surface area contributed by atoms with Crippen LogP contribution in [0.5, 0.6) is 0 Å². The van der Waals surface area contributed by atoms with Crippen LogP contribution in [0.15, 0.2) is 54.6 Å². The van der Waals surface area contributed by atoms with E-state index in [2.05, 4.69) is 76.1 Å². The van der Waals surface area contributed by atoms with E-state index in [4.69, 9.17) is 0 Å². The van der Waals surface area contributed by atoms with Crippen molar-refractivity contribution in [2.45, 2.75) is 83.3 Å². The summed E-state index contributed by atoms with van der Waals surface area (Å²) >= 11 is 0. The maximum absolute atomic E-state index is 14.1. The Balaban J connectivity index is 0.790. The first-order chi connectivity index (χ1) is 28.0. The van der Waals surface area contributed by atoms with Crippen LogP contribution in [0.2, 0.25) is 0 Å². The quantitative estimate of drug-likeness (QED) is 0.211. The molecule has 4 aromatic rings. The van der Waals surface area contributed by atoms with Crippen LogP contribution in [0.3, 0.4) is 0 Å². The van der Waals surface area contributed by atoms with E-state index < -0.39 is 11.5 Å². The number of nitrogens with one attached hydrogen (secondary N) is 2. The minimum atomic E-state index is -0.608. The lowest BCUT2D eigenvalue weighted by molar-refractivity contribution is -0.136. The summed E-state index contributed by atoms with van der Waals surface area (Å²) in [5.74, 6) is -0.743. The summed E-state index contributed by atoms with van der Waals surface area (Å²) in [7, 11) is 0. The molecule has 2 N–H and O–H groups in total. The Hall–Kier alpha value is -5.57. The Bertz CT molecular complexity index is 2420. The second-order valence-electron chi connectivity index (χ2n) is 17.1. The van der Waals surface area contributed by atoms with Gasteiger partial charge in [-0.1, -0.05) is 51.1 Å². The van der Waals surface area contributed by atoms with Crippen molar-refractivity contribution in [2.75, 3.05) is 50.7 Å². The molecule has 298 valence electrons. The van der Waals surface area contributed by atoms with E-state index >= 15 is 0 Å². The van der Waals surface area contributed by atoms with Gasteiger partial charge < -0.3 is 19.7 Å². The Morgan fingerprint density at radius 1 is 0.931 bits per heavy atom. The summed E-state index contributed by atoms with van der Waals surface area (Å²) in [6.07, 6.45) is 8.92. The zero-order chi connectivity index (χ0) is 40.3. The van der Waals surface area contributed by atoms with Crippen LogP contribution in [-0.4, -0.2) is 101 Å². The fourth-order valence-electron chi connectivity index (χ4n) is 10.2. The van der Waals surface area contributed by atoms with Crippen molar-refractivity contribution in [3.63, 3.8) is 0 Å². The summed E-state index contributed by atoms with van der Waals surface area (Å²) in [5.41, 5.74) is 9.61. The average molecular weight is 778 g/mol. The number of ketones is 1. The number of benzene rings is 3. The maximum atomic E-state index is 14.1. The number of carbonyl (C=O) groups excluding carboxylic acids is 4. The number of H-pyrrole nitrogens is 1. The van der Waals surface area contributed by atoms with Crippen molar-refractivity contribution in [3.05, 3.63) is 105 Å². The molecule has 5 aliphatic rings. The van der Waals surface area contributed by atoms with Gasteiger partial charge >= 0.3 is 0 Å². The number of anilines is 1. The highest BCUT2D eigenvalue weighted by Crippen LogP contribution is 2.46. The number of carbonyl (C=O) groups is 4. The fraction of sp³-hybridized carbons (Fsp3) is 0.426. The van der Waals surface area contributed by atoms with Crippen molar-refractivity contribution in [1.82, 2.24) is 25.0 Å². The van der Waals surface area contributed by atoms with E-state index in [1.54, 1.807) is 11.0 Å². The van der Waals surface area contributed by atoms with Crippen LogP contribution in [0.4, 0.5) is 5.69 Å². The molecule has 0 spiro atoms. The summed E-state index contributed by atoms with van der Waals surface area (Å²) in [5, 5.41) is 12.7. The molecule has 0 radical (unpaired) electrons. The number of imide groups is 1. The molecular weight excluding hydrogens is 727 g/mol. The number of hydrogen-bond acceptors (Lipinski definition) is 8. The number of nitrogens with zero attached hydrogens (tertiary/aromatic N) is 5. The van der Waals surface area contributed by atoms with E-state index in [1.165, 1.54) is 11.3 Å². The molecular formula is C47H51N7O4. The highest BCUT2D eigenvalue weighted by molar-refractivity contribution is 6.20. The molecule has 0 bridgehead atoms. The molecule has 9 rings (SSSR count). The summed E-state index contributed by atoms with van der Waals surface area (Å²) in [6, 6.07) is 18.0. The molecule has 5 heterocycles. The van der Waals surface area contributed by atoms with Crippen molar-refractivity contribution >= 4 is 46.2 Å². The lowest BCUT2D eigenvalue weighted by Gasteiger charge is -2.44. The lowest BCUT2D eigenvalue weighted by atomic mass is 9.70. The summed E-state index contributed by atoms with van der Waals surface area (Å²) in [4.78, 5) is 64.4. The normalized spacial score (nSPS) is 21.4. The number of aromatic amines is 1. The third-order valence-electron chi connectivity index (χ3n) is 13.6. The number of rotatable bonds is 8. The zero-order valence-electron chi connectivity index (χ0n) is 33.7. The van der Waals surface area contributed by atoms with E-state index in [1.807, 2.05) is 30.3 Å². The van der Waals surface area contributed by atoms with Gasteiger partial charge in [-0.3, -0.25) is 29.4 Å². The van der Waals surface area contributed by atoms with Crippen molar-refractivity contribution in [1.29, 1.82) is 5.26 Å². The monoisotopic (exact) mass is 777 g/mol. The number of aromatic nitrogens is 1. The van der Waals surface area contributed by atoms with Crippen LogP contribution >= 0.6 is 0 Å². The molecule has 58 heavy (non-hydrogen) atoms. The number of amides is 3. The van der Waals surface area contributed by atoms with Gasteiger partial charge in [0.2, 0.25) is 11.8 Å². The first kappa shape index (κ1) is 38.0. The van der Waals surface area contributed by atoms with Crippen molar-refractivity contribution in [3.8, 4) is 6.07 Å². The second-order valence-corrected chi connectivity index (χ2v) is 17.1. The predicted octanol–water partition coefficient (Wildman–Crippen LogP) is 5.92. The van der Waals surface area contributed by atoms with Crippen LogP contribution in [0.1, 0.15) is 113 Å². The highest BCUT2D eigenvalue weighted by atomic mass is 16.2. The molecule has 1 aliphatic carbocycles. The van der Waals surface area contributed by atoms with Crippen molar-refractivity contribution in [2.24, 2.45) is 0 Å². The van der Waals surface area contributed by atoms with Crippen LogP contribution in [0, 0.1) is 11.3 Å². The number of hydrogen-bond donors (Lipinski definition) is 2. The topological polar surface area (TPSA) is 133 Å². The second kappa shape index (κ2) is 15.0. The van der Waals surface area contributed by atoms with Gasteiger partial charge in [-0.05, 0) is 84.7 Å². The van der Waals surface area contributed by atoms with Gasteiger partial charge in [-0.2, -0.15) is 5.26 Å². The number of nitriles is 1. The Labute approximate surface area is 339 Å². The molecule has 3 saturated heterocycles. The van der Waals surface area contributed by atoms with Gasteiger partial charge in [0.15, 0.2) is 5.78 Å².